The lowest BCUT2D eigenvalue weighted by molar-refractivity contribution is 0.412. The molecule has 2 fully saturated rings. The quantitative estimate of drug-likeness (QED) is 0.574. The van der Waals surface area contributed by atoms with Crippen molar-refractivity contribution in [3.8, 4) is 0 Å². The maximum absolute atomic E-state index is 5.24. The second-order valence-electron chi connectivity index (χ2n) is 4.81. The third-order valence-electron chi connectivity index (χ3n) is 3.44. The minimum absolute atomic E-state index is 0.567. The van der Waals surface area contributed by atoms with E-state index in [1.54, 1.807) is 0 Å². The summed E-state index contributed by atoms with van der Waals surface area (Å²) in [6.07, 6.45) is 11.4. The van der Waals surface area contributed by atoms with E-state index in [-0.39, 0.29) is 0 Å². The average molecular weight is 239 g/mol. The zero-order valence-electron chi connectivity index (χ0n) is 9.80. The molecule has 4 heteroatoms. The third kappa shape index (κ3) is 3.74. The molecule has 16 heavy (non-hydrogen) atoms. The summed E-state index contributed by atoms with van der Waals surface area (Å²) in [5.41, 5.74) is 4.25. The predicted molar refractivity (Wildman–Crippen MR) is 71.6 cm³/mol. The minimum Gasteiger partial charge on any atom is -0.359 e. The van der Waals surface area contributed by atoms with Crippen LogP contribution in [0.5, 0.6) is 0 Å². The second-order valence-corrected chi connectivity index (χ2v) is 5.21. The molecule has 0 bridgehead atoms. The minimum atomic E-state index is 0.567. The SMILES string of the molecule is S=C(NN=C1CCCC1)NC1CCCCC1. The summed E-state index contributed by atoms with van der Waals surface area (Å²) in [6.45, 7) is 0. The van der Waals surface area contributed by atoms with Gasteiger partial charge in [-0.1, -0.05) is 19.3 Å². The Morgan fingerprint density at radius 3 is 2.44 bits per heavy atom. The molecule has 2 N–H and O–H groups in total. The normalized spacial score (nSPS) is 21.9. The fourth-order valence-electron chi connectivity index (χ4n) is 2.49. The molecule has 0 saturated heterocycles. The molecule has 0 heterocycles. The summed E-state index contributed by atoms with van der Waals surface area (Å²) in [5.74, 6) is 0. The summed E-state index contributed by atoms with van der Waals surface area (Å²) in [4.78, 5) is 0. The van der Waals surface area contributed by atoms with Gasteiger partial charge in [0.05, 0.1) is 0 Å². The highest BCUT2D eigenvalue weighted by atomic mass is 32.1. The van der Waals surface area contributed by atoms with Crippen LogP contribution in [-0.4, -0.2) is 16.9 Å². The van der Waals surface area contributed by atoms with Crippen LogP contribution < -0.4 is 10.7 Å². The Morgan fingerprint density at radius 2 is 1.75 bits per heavy atom. The Hall–Kier alpha value is -0.640. The van der Waals surface area contributed by atoms with Crippen LogP contribution in [0.4, 0.5) is 0 Å². The van der Waals surface area contributed by atoms with Gasteiger partial charge >= 0.3 is 0 Å². The van der Waals surface area contributed by atoms with Gasteiger partial charge in [-0.3, -0.25) is 5.43 Å². The zero-order chi connectivity index (χ0) is 11.2. The monoisotopic (exact) mass is 239 g/mol. The van der Waals surface area contributed by atoms with Crippen molar-refractivity contribution in [2.45, 2.75) is 63.8 Å². The van der Waals surface area contributed by atoms with Gasteiger partial charge in [0.2, 0.25) is 0 Å². The van der Waals surface area contributed by atoms with Crippen molar-refractivity contribution in [1.29, 1.82) is 0 Å². The Bertz CT molecular complexity index is 261. The van der Waals surface area contributed by atoms with E-state index in [4.69, 9.17) is 12.2 Å². The van der Waals surface area contributed by atoms with E-state index in [1.165, 1.54) is 50.7 Å². The molecule has 2 aliphatic rings. The van der Waals surface area contributed by atoms with E-state index in [0.717, 1.165) is 12.8 Å². The highest BCUT2D eigenvalue weighted by Gasteiger charge is 2.14. The number of hydrogen-bond acceptors (Lipinski definition) is 2. The van der Waals surface area contributed by atoms with E-state index >= 15 is 0 Å². The van der Waals surface area contributed by atoms with Crippen LogP contribution in [0.3, 0.4) is 0 Å². The Labute approximate surface area is 103 Å². The van der Waals surface area contributed by atoms with Crippen molar-refractivity contribution >= 4 is 23.0 Å². The van der Waals surface area contributed by atoms with E-state index < -0.39 is 0 Å². The Balaban J connectivity index is 1.68. The van der Waals surface area contributed by atoms with Crippen molar-refractivity contribution < 1.29 is 0 Å². The van der Waals surface area contributed by atoms with Gasteiger partial charge in [-0.25, -0.2) is 0 Å². The van der Waals surface area contributed by atoms with Crippen molar-refractivity contribution in [3.05, 3.63) is 0 Å². The molecule has 0 aromatic rings. The molecular formula is C12H21N3S. The molecule has 0 aromatic carbocycles. The third-order valence-corrected chi connectivity index (χ3v) is 3.65. The summed E-state index contributed by atoms with van der Waals surface area (Å²) in [7, 11) is 0. The van der Waals surface area contributed by atoms with Crippen LogP contribution in [0, 0.1) is 0 Å². The molecule has 2 aliphatic carbocycles. The number of rotatable bonds is 2. The molecule has 3 nitrogen and oxygen atoms in total. The van der Waals surface area contributed by atoms with Gasteiger partial charge in [-0.05, 0) is 50.7 Å². The molecule has 90 valence electrons. The molecule has 0 amide bonds. The first-order valence-electron chi connectivity index (χ1n) is 6.46. The number of nitrogens with one attached hydrogen (secondary N) is 2. The van der Waals surface area contributed by atoms with Crippen molar-refractivity contribution in [2.24, 2.45) is 5.10 Å². The lowest BCUT2D eigenvalue weighted by Crippen LogP contribution is -2.41. The van der Waals surface area contributed by atoms with Crippen LogP contribution in [0.1, 0.15) is 57.8 Å². The predicted octanol–water partition coefficient (Wildman–Crippen LogP) is 2.71. The highest BCUT2D eigenvalue weighted by molar-refractivity contribution is 7.80. The molecule has 0 aliphatic heterocycles. The number of nitrogens with zero attached hydrogens (tertiary/aromatic N) is 1. The maximum Gasteiger partial charge on any atom is 0.187 e. The van der Waals surface area contributed by atoms with Crippen LogP contribution >= 0.6 is 12.2 Å². The molecule has 0 radical (unpaired) electrons. The van der Waals surface area contributed by atoms with Crippen molar-refractivity contribution in [2.75, 3.05) is 0 Å². The Kier molecular flexibility index (Phi) is 4.57. The van der Waals surface area contributed by atoms with Crippen molar-refractivity contribution in [3.63, 3.8) is 0 Å². The van der Waals surface area contributed by atoms with Gasteiger partial charge in [0.1, 0.15) is 0 Å². The zero-order valence-corrected chi connectivity index (χ0v) is 10.6. The fourth-order valence-corrected chi connectivity index (χ4v) is 2.70. The molecule has 0 unspecified atom stereocenters. The molecular weight excluding hydrogens is 218 g/mol. The molecule has 2 rings (SSSR count). The smallest absolute Gasteiger partial charge is 0.187 e. The molecule has 2 saturated carbocycles. The standard InChI is InChI=1S/C12H21N3S/c16-12(13-10-6-2-1-3-7-10)15-14-11-8-4-5-9-11/h10H,1-9H2,(H2,13,15,16). The largest absolute Gasteiger partial charge is 0.359 e. The van der Waals surface area contributed by atoms with Gasteiger partial charge in [-0.15, -0.1) is 0 Å². The number of hydrazone groups is 1. The first-order valence-corrected chi connectivity index (χ1v) is 6.87. The summed E-state index contributed by atoms with van der Waals surface area (Å²) in [5, 5.41) is 8.41. The number of thiocarbonyl (C=S) groups is 1. The molecule has 0 spiro atoms. The van der Waals surface area contributed by atoms with Gasteiger partial charge in [0, 0.05) is 11.8 Å². The highest BCUT2D eigenvalue weighted by Crippen LogP contribution is 2.17. The summed E-state index contributed by atoms with van der Waals surface area (Å²) < 4.78 is 0. The Morgan fingerprint density at radius 1 is 1.06 bits per heavy atom. The van der Waals surface area contributed by atoms with E-state index in [1.807, 2.05) is 0 Å². The molecule has 0 aromatic heterocycles. The summed E-state index contributed by atoms with van der Waals surface area (Å²) in [6, 6.07) is 0.567. The topological polar surface area (TPSA) is 36.4 Å². The maximum atomic E-state index is 5.24. The fraction of sp³-hybridized carbons (Fsp3) is 0.833. The van der Waals surface area contributed by atoms with Gasteiger partial charge < -0.3 is 5.32 Å². The lowest BCUT2D eigenvalue weighted by Gasteiger charge is -2.23. The lowest BCUT2D eigenvalue weighted by atomic mass is 9.96. The van der Waals surface area contributed by atoms with Crippen LogP contribution in [-0.2, 0) is 0 Å². The van der Waals surface area contributed by atoms with Gasteiger partial charge in [0.15, 0.2) is 5.11 Å². The average Bonchev–Trinajstić information content (AvgIpc) is 2.81. The molecule has 0 atom stereocenters. The van der Waals surface area contributed by atoms with E-state index in [9.17, 15) is 0 Å². The van der Waals surface area contributed by atoms with Crippen LogP contribution in [0.25, 0.3) is 0 Å². The van der Waals surface area contributed by atoms with Crippen LogP contribution in [0.15, 0.2) is 5.10 Å². The first-order chi connectivity index (χ1) is 7.84. The second kappa shape index (κ2) is 6.18. The first kappa shape index (κ1) is 11.8. The number of hydrogen-bond donors (Lipinski definition) is 2. The van der Waals surface area contributed by atoms with Gasteiger partial charge in [0.25, 0.3) is 0 Å². The van der Waals surface area contributed by atoms with E-state index in [0.29, 0.717) is 11.2 Å². The van der Waals surface area contributed by atoms with E-state index in [2.05, 4.69) is 15.8 Å². The summed E-state index contributed by atoms with van der Waals surface area (Å²) >= 11 is 5.24. The van der Waals surface area contributed by atoms with Crippen molar-refractivity contribution in [1.82, 2.24) is 10.7 Å². The van der Waals surface area contributed by atoms with Crippen LogP contribution in [0.2, 0.25) is 0 Å². The van der Waals surface area contributed by atoms with Gasteiger partial charge in [-0.2, -0.15) is 5.10 Å².